The molecule has 2 aliphatic carbocycles. The Balaban J connectivity index is 0.00000192. The first kappa shape index (κ1) is 19.7. The fourth-order valence-corrected chi connectivity index (χ4v) is 10.8. The van der Waals surface area contributed by atoms with Crippen LogP contribution in [0.2, 0.25) is 0 Å². The Morgan fingerprint density at radius 3 is 1.87 bits per heavy atom. The maximum Gasteiger partial charge on any atom is 0.119 e. The topological polar surface area (TPSA) is 9.23 Å². The molecule has 2 fully saturated rings. The monoisotopic (exact) mass is 444 g/mol. The van der Waals surface area contributed by atoms with Crippen molar-refractivity contribution in [2.75, 3.05) is 6.61 Å². The second-order valence-electron chi connectivity index (χ2n) is 6.74. The van der Waals surface area contributed by atoms with E-state index in [0.717, 1.165) is 23.7 Å². The Kier molecular flexibility index (Phi) is 7.89. The molecule has 0 aliphatic heterocycles. The van der Waals surface area contributed by atoms with E-state index in [2.05, 4.69) is 29.9 Å². The summed E-state index contributed by atoms with van der Waals surface area (Å²) < 4.78 is 5.63. The van der Waals surface area contributed by atoms with E-state index in [1.54, 1.807) is 0 Å². The van der Waals surface area contributed by atoms with Gasteiger partial charge in [0.05, 0.1) is 11.9 Å². The van der Waals surface area contributed by atoms with E-state index >= 15 is 0 Å². The van der Waals surface area contributed by atoms with Crippen LogP contribution in [0, 0.1) is 5.62 Å². The van der Waals surface area contributed by atoms with Gasteiger partial charge in [0, 0.05) is 31.7 Å². The summed E-state index contributed by atoms with van der Waals surface area (Å²) in [6.07, 6.45) is 11.1. The van der Waals surface area contributed by atoms with Crippen LogP contribution in [-0.2, 0) is 20.4 Å². The van der Waals surface area contributed by atoms with Gasteiger partial charge in [0.2, 0.25) is 0 Å². The predicted molar refractivity (Wildman–Crippen MR) is 98.8 cm³/mol. The third-order valence-electron chi connectivity index (χ3n) is 5.61. The first-order valence-corrected chi connectivity index (χ1v) is 11.3. The van der Waals surface area contributed by atoms with Crippen LogP contribution in [0.5, 0.6) is 5.75 Å². The quantitative estimate of drug-likeness (QED) is 0.298. The molecule has 2 aliphatic rings. The van der Waals surface area contributed by atoms with E-state index in [0.29, 0.717) is 0 Å². The Bertz CT molecular complexity index is 451. The molecule has 0 heterocycles. The molecule has 23 heavy (non-hydrogen) atoms. The summed E-state index contributed by atoms with van der Waals surface area (Å²) in [5.41, 5.74) is 3.80. The SMILES string of the molecule is CCOc1ccc([P+]([CH-]Cl)(C2CCCC2)C2CCCC2)cc1.[Pd]. The van der Waals surface area contributed by atoms with Crippen molar-refractivity contribution in [1.82, 2.24) is 0 Å². The third kappa shape index (κ3) is 3.98. The summed E-state index contributed by atoms with van der Waals surface area (Å²) >= 11 is 6.61. The molecule has 0 saturated heterocycles. The molecule has 0 amide bonds. The van der Waals surface area contributed by atoms with Crippen molar-refractivity contribution in [3.63, 3.8) is 0 Å². The largest absolute Gasteiger partial charge is 0.494 e. The predicted octanol–water partition coefficient (Wildman–Crippen LogP) is 5.97. The minimum atomic E-state index is -1.38. The van der Waals surface area contributed by atoms with Gasteiger partial charge in [-0.2, -0.15) is 0 Å². The number of hydrogen-bond donors (Lipinski definition) is 0. The van der Waals surface area contributed by atoms with Gasteiger partial charge in [0.15, 0.2) is 0 Å². The molecular formula is C19H28ClOPPd. The molecule has 0 N–H and O–H groups in total. The fourth-order valence-electron chi connectivity index (χ4n) is 4.57. The zero-order valence-electron chi connectivity index (χ0n) is 14.0. The van der Waals surface area contributed by atoms with Crippen LogP contribution in [0.15, 0.2) is 24.3 Å². The Morgan fingerprint density at radius 1 is 1.00 bits per heavy atom. The number of hydrogen-bond acceptors (Lipinski definition) is 1. The summed E-state index contributed by atoms with van der Waals surface area (Å²) in [5, 5.41) is 1.52. The summed E-state index contributed by atoms with van der Waals surface area (Å²) in [4.78, 5) is 0. The smallest absolute Gasteiger partial charge is 0.119 e. The van der Waals surface area contributed by atoms with Crippen LogP contribution >= 0.6 is 18.9 Å². The zero-order chi connectivity index (χ0) is 15.4. The molecule has 1 nitrogen and oxygen atoms in total. The summed E-state index contributed by atoms with van der Waals surface area (Å²) in [6, 6.07) is 8.93. The molecule has 0 bridgehead atoms. The zero-order valence-corrected chi connectivity index (χ0v) is 17.2. The second kappa shape index (κ2) is 9.20. The standard InChI is InChI=1S/C19H28ClOP.Pd/c1-2-21-16-11-13-19(14-12-16)22(15-20,17-7-3-4-8-17)18-9-5-6-10-18;/h11-15,17-18H,2-10H2,1H3;. The number of rotatable bonds is 6. The maximum atomic E-state index is 6.61. The van der Waals surface area contributed by atoms with Gasteiger partial charge in [-0.05, 0) is 82.6 Å². The summed E-state index contributed by atoms with van der Waals surface area (Å²) in [5.74, 6) is 0.983. The van der Waals surface area contributed by atoms with Crippen LogP contribution in [0.4, 0.5) is 0 Å². The van der Waals surface area contributed by atoms with Crippen molar-refractivity contribution >= 4 is 24.2 Å². The van der Waals surface area contributed by atoms with E-state index in [-0.39, 0.29) is 20.4 Å². The molecule has 4 heteroatoms. The van der Waals surface area contributed by atoms with Crippen LogP contribution in [-0.4, -0.2) is 17.9 Å². The summed E-state index contributed by atoms with van der Waals surface area (Å²) in [7, 11) is -1.38. The number of ether oxygens (including phenoxy) is 1. The fraction of sp³-hybridized carbons (Fsp3) is 0.632. The van der Waals surface area contributed by atoms with Crippen molar-refractivity contribution in [1.29, 1.82) is 0 Å². The average molecular weight is 445 g/mol. The Labute approximate surface area is 160 Å². The molecular weight excluding hydrogens is 417 g/mol. The van der Waals surface area contributed by atoms with Gasteiger partial charge in [-0.15, -0.1) is 0 Å². The molecule has 1 aromatic rings. The average Bonchev–Trinajstić information content (AvgIpc) is 3.24. The first-order valence-electron chi connectivity index (χ1n) is 8.87. The van der Waals surface area contributed by atoms with Crippen LogP contribution in [0.3, 0.4) is 0 Å². The van der Waals surface area contributed by atoms with E-state index in [1.807, 2.05) is 6.92 Å². The van der Waals surface area contributed by atoms with Gasteiger partial charge < -0.3 is 16.3 Å². The molecule has 0 aromatic heterocycles. The Morgan fingerprint density at radius 2 is 1.48 bits per heavy atom. The van der Waals surface area contributed by atoms with Gasteiger partial charge in [0.25, 0.3) is 0 Å². The molecule has 132 valence electrons. The molecule has 0 radical (unpaired) electrons. The molecule has 0 atom stereocenters. The van der Waals surface area contributed by atoms with Gasteiger partial charge in [-0.1, -0.05) is 12.9 Å². The van der Waals surface area contributed by atoms with Crippen molar-refractivity contribution in [2.24, 2.45) is 0 Å². The van der Waals surface area contributed by atoms with E-state index in [9.17, 15) is 0 Å². The van der Waals surface area contributed by atoms with E-state index < -0.39 is 7.26 Å². The van der Waals surface area contributed by atoms with Gasteiger partial charge >= 0.3 is 0 Å². The van der Waals surface area contributed by atoms with Gasteiger partial charge in [-0.3, -0.25) is 0 Å². The van der Waals surface area contributed by atoms with Crippen LogP contribution in [0.1, 0.15) is 58.3 Å². The second-order valence-corrected chi connectivity index (χ2v) is 11.2. The number of benzene rings is 1. The van der Waals surface area contributed by atoms with Gasteiger partial charge in [0.1, 0.15) is 5.75 Å². The summed E-state index contributed by atoms with van der Waals surface area (Å²) in [6.45, 7) is 2.77. The van der Waals surface area contributed by atoms with Gasteiger partial charge in [-0.25, -0.2) is 0 Å². The molecule has 1 aromatic carbocycles. The normalized spacial score (nSPS) is 19.7. The molecule has 3 rings (SSSR count). The van der Waals surface area contributed by atoms with Crippen LogP contribution in [0.25, 0.3) is 0 Å². The first-order chi connectivity index (χ1) is 10.8. The van der Waals surface area contributed by atoms with Crippen molar-refractivity contribution in [3.8, 4) is 5.75 Å². The van der Waals surface area contributed by atoms with E-state index in [1.165, 1.54) is 56.7 Å². The third-order valence-corrected chi connectivity index (χ3v) is 11.5. The maximum absolute atomic E-state index is 6.61. The van der Waals surface area contributed by atoms with Crippen molar-refractivity contribution in [2.45, 2.75) is 69.6 Å². The molecule has 2 saturated carbocycles. The number of halogens is 1. The minimum absolute atomic E-state index is 0. The van der Waals surface area contributed by atoms with E-state index in [4.69, 9.17) is 16.3 Å². The molecule has 0 unspecified atom stereocenters. The minimum Gasteiger partial charge on any atom is -0.494 e. The van der Waals surface area contributed by atoms with Crippen molar-refractivity contribution in [3.05, 3.63) is 29.9 Å². The Hall–Kier alpha value is 0.402. The van der Waals surface area contributed by atoms with Crippen molar-refractivity contribution < 1.29 is 25.2 Å². The molecule has 0 spiro atoms. The van der Waals surface area contributed by atoms with Crippen LogP contribution < -0.4 is 10.0 Å².